The Labute approximate surface area is 158 Å². The highest BCUT2D eigenvalue weighted by molar-refractivity contribution is 7.09. The number of amides is 1. The fourth-order valence-electron chi connectivity index (χ4n) is 3.71. The average molecular weight is 369 g/mol. The molecule has 0 aliphatic carbocycles. The van der Waals surface area contributed by atoms with Crippen LogP contribution in [-0.4, -0.2) is 41.2 Å². The Morgan fingerprint density at radius 1 is 1.15 bits per heavy atom. The number of para-hydroxylation sites is 1. The first-order chi connectivity index (χ1) is 12.8. The Bertz CT molecular complexity index is 850. The number of benzene rings is 1. The van der Waals surface area contributed by atoms with Crippen LogP contribution in [0.15, 0.2) is 54.0 Å². The van der Waals surface area contributed by atoms with E-state index < -0.39 is 0 Å². The maximum atomic E-state index is 13.2. The van der Waals surface area contributed by atoms with E-state index in [-0.39, 0.29) is 11.9 Å². The fourth-order valence-corrected chi connectivity index (χ4v) is 4.41. The van der Waals surface area contributed by atoms with Gasteiger partial charge in [0.2, 0.25) is 5.91 Å². The summed E-state index contributed by atoms with van der Waals surface area (Å²) in [5, 5.41) is 3.28. The molecule has 3 aromatic rings. The minimum atomic E-state index is 0.204. The van der Waals surface area contributed by atoms with E-state index >= 15 is 0 Å². The fraction of sp³-hybridized carbons (Fsp3) is 0.381. The number of nitrogens with zero attached hydrogens (tertiary/aromatic N) is 2. The van der Waals surface area contributed by atoms with Crippen LogP contribution in [0.4, 0.5) is 0 Å². The maximum Gasteiger partial charge on any atom is 0.242 e. The first-order valence-corrected chi connectivity index (χ1v) is 10.1. The second-order valence-corrected chi connectivity index (χ2v) is 7.79. The quantitative estimate of drug-likeness (QED) is 0.660. The average Bonchev–Trinajstić information content (AvgIpc) is 3.33. The molecule has 136 valence electrons. The molecule has 0 atom stereocenters. The Morgan fingerprint density at radius 3 is 2.81 bits per heavy atom. The molecule has 1 saturated heterocycles. The lowest BCUT2D eigenvalue weighted by molar-refractivity contribution is -0.136. The molecule has 1 aromatic carbocycles. The van der Waals surface area contributed by atoms with Crippen molar-refractivity contribution in [1.82, 2.24) is 9.47 Å². The van der Waals surface area contributed by atoms with Crippen molar-refractivity contribution in [2.75, 3.05) is 19.8 Å². The summed E-state index contributed by atoms with van der Waals surface area (Å²) in [6.45, 7) is 2.68. The Hall–Kier alpha value is -2.11. The van der Waals surface area contributed by atoms with E-state index in [1.807, 2.05) is 18.3 Å². The molecule has 0 unspecified atom stereocenters. The lowest BCUT2D eigenvalue weighted by Gasteiger charge is -2.34. The van der Waals surface area contributed by atoms with Crippen molar-refractivity contribution in [1.29, 1.82) is 0 Å². The molecular weight excluding hydrogens is 344 g/mol. The number of ether oxygens (including phenoxy) is 1. The van der Waals surface area contributed by atoms with Crippen molar-refractivity contribution in [3.8, 4) is 0 Å². The second-order valence-electron chi connectivity index (χ2n) is 6.76. The van der Waals surface area contributed by atoms with Crippen molar-refractivity contribution < 1.29 is 9.53 Å². The number of carbonyl (C=O) groups is 1. The van der Waals surface area contributed by atoms with Gasteiger partial charge in [-0.15, -0.1) is 11.3 Å². The molecule has 0 N–H and O–H groups in total. The van der Waals surface area contributed by atoms with Crippen molar-refractivity contribution >= 4 is 28.1 Å². The molecule has 1 amide bonds. The third kappa shape index (κ3) is 3.84. The summed E-state index contributed by atoms with van der Waals surface area (Å²) in [7, 11) is 0. The third-order valence-corrected chi connectivity index (χ3v) is 6.05. The summed E-state index contributed by atoms with van der Waals surface area (Å²) in [4.78, 5) is 16.6. The minimum Gasteiger partial charge on any atom is -0.381 e. The van der Waals surface area contributed by atoms with Crippen LogP contribution in [0, 0.1) is 0 Å². The Morgan fingerprint density at radius 2 is 2.00 bits per heavy atom. The monoisotopic (exact) mass is 368 g/mol. The molecule has 1 fully saturated rings. The van der Waals surface area contributed by atoms with E-state index in [0.29, 0.717) is 6.54 Å². The number of fused-ring (bicyclic) bond motifs is 1. The van der Waals surface area contributed by atoms with Gasteiger partial charge in [-0.05, 0) is 48.2 Å². The molecule has 5 heteroatoms. The molecule has 3 heterocycles. The van der Waals surface area contributed by atoms with Gasteiger partial charge in [-0.1, -0.05) is 24.3 Å². The van der Waals surface area contributed by atoms with E-state index in [0.717, 1.165) is 44.5 Å². The summed E-state index contributed by atoms with van der Waals surface area (Å²) in [6, 6.07) is 14.8. The summed E-state index contributed by atoms with van der Waals surface area (Å²) < 4.78 is 7.57. The second kappa shape index (κ2) is 8.06. The number of carbonyl (C=O) groups excluding carboxylic acids is 1. The summed E-state index contributed by atoms with van der Waals surface area (Å²) >= 11 is 1.76. The Kier molecular flexibility index (Phi) is 5.37. The van der Waals surface area contributed by atoms with Crippen LogP contribution < -0.4 is 0 Å². The first kappa shape index (κ1) is 17.3. The van der Waals surface area contributed by atoms with Gasteiger partial charge in [-0.3, -0.25) is 4.79 Å². The molecule has 2 aromatic heterocycles. The topological polar surface area (TPSA) is 34.5 Å². The predicted molar refractivity (Wildman–Crippen MR) is 106 cm³/mol. The molecule has 1 aliphatic heterocycles. The van der Waals surface area contributed by atoms with Crippen LogP contribution in [0.5, 0.6) is 0 Å². The van der Waals surface area contributed by atoms with E-state index in [4.69, 9.17) is 4.74 Å². The Balaban J connectivity index is 1.50. The highest BCUT2D eigenvalue weighted by atomic mass is 32.1. The molecule has 26 heavy (non-hydrogen) atoms. The van der Waals surface area contributed by atoms with Gasteiger partial charge in [-0.2, -0.15) is 0 Å². The van der Waals surface area contributed by atoms with E-state index in [1.54, 1.807) is 11.3 Å². The summed E-state index contributed by atoms with van der Waals surface area (Å²) in [5.41, 5.74) is 1.12. The predicted octanol–water partition coefficient (Wildman–Crippen LogP) is 3.95. The number of hydrogen-bond donors (Lipinski definition) is 0. The molecule has 0 spiro atoms. The number of hydrogen-bond acceptors (Lipinski definition) is 3. The highest BCUT2D eigenvalue weighted by Gasteiger charge is 2.26. The normalized spacial score (nSPS) is 15.4. The highest BCUT2D eigenvalue weighted by Crippen LogP contribution is 2.19. The molecule has 0 radical (unpaired) electrons. The molecule has 4 nitrogen and oxygen atoms in total. The molecule has 4 rings (SSSR count). The first-order valence-electron chi connectivity index (χ1n) is 9.25. The van der Waals surface area contributed by atoms with Crippen LogP contribution in [0.1, 0.15) is 17.7 Å². The van der Waals surface area contributed by atoms with Crippen molar-refractivity contribution in [2.45, 2.75) is 31.8 Å². The SMILES string of the molecule is O=C(Cn1ccc2ccccc21)N(CCc1cccs1)C1CCOCC1. The third-order valence-electron chi connectivity index (χ3n) is 5.12. The van der Waals surface area contributed by atoms with Crippen LogP contribution in [0.25, 0.3) is 10.9 Å². The lowest BCUT2D eigenvalue weighted by atomic mass is 10.1. The summed E-state index contributed by atoms with van der Waals surface area (Å²) in [6.07, 6.45) is 4.81. The van der Waals surface area contributed by atoms with Gasteiger partial charge in [0.1, 0.15) is 6.54 Å². The van der Waals surface area contributed by atoms with Crippen LogP contribution in [-0.2, 0) is 22.5 Å². The largest absolute Gasteiger partial charge is 0.381 e. The van der Waals surface area contributed by atoms with Crippen molar-refractivity contribution in [3.05, 3.63) is 58.9 Å². The molecule has 0 saturated carbocycles. The van der Waals surface area contributed by atoms with Gasteiger partial charge in [0.05, 0.1) is 0 Å². The van der Waals surface area contributed by atoms with Crippen LogP contribution in [0.3, 0.4) is 0 Å². The smallest absolute Gasteiger partial charge is 0.242 e. The van der Waals surface area contributed by atoms with Gasteiger partial charge in [0.25, 0.3) is 0 Å². The van der Waals surface area contributed by atoms with E-state index in [1.165, 1.54) is 10.3 Å². The zero-order valence-electron chi connectivity index (χ0n) is 14.8. The molecular formula is C21H24N2O2S. The van der Waals surface area contributed by atoms with Gasteiger partial charge in [-0.25, -0.2) is 0 Å². The molecule has 0 bridgehead atoms. The van der Waals surface area contributed by atoms with Crippen molar-refractivity contribution in [2.24, 2.45) is 0 Å². The zero-order valence-corrected chi connectivity index (χ0v) is 15.7. The standard InChI is InChI=1S/C21H24N2O2S/c24-21(16-22-11-7-17-4-1-2-6-20(17)22)23(18-9-13-25-14-10-18)12-8-19-5-3-15-26-19/h1-7,11,15,18H,8-10,12-14,16H2. The van der Waals surface area contributed by atoms with Crippen LogP contribution >= 0.6 is 11.3 Å². The molecule has 1 aliphatic rings. The van der Waals surface area contributed by atoms with Gasteiger partial charge >= 0.3 is 0 Å². The van der Waals surface area contributed by atoms with E-state index in [9.17, 15) is 4.79 Å². The van der Waals surface area contributed by atoms with Crippen LogP contribution in [0.2, 0.25) is 0 Å². The van der Waals surface area contributed by atoms with E-state index in [2.05, 4.69) is 45.2 Å². The maximum absolute atomic E-state index is 13.2. The number of rotatable bonds is 6. The lowest BCUT2D eigenvalue weighted by Crippen LogP contribution is -2.45. The van der Waals surface area contributed by atoms with Gasteiger partial charge in [0, 0.05) is 42.4 Å². The summed E-state index contributed by atoms with van der Waals surface area (Å²) in [5.74, 6) is 0.204. The zero-order chi connectivity index (χ0) is 17.8. The number of thiophene rings is 1. The van der Waals surface area contributed by atoms with Gasteiger partial charge in [0.15, 0.2) is 0 Å². The van der Waals surface area contributed by atoms with Crippen molar-refractivity contribution in [3.63, 3.8) is 0 Å². The minimum absolute atomic E-state index is 0.204. The number of aromatic nitrogens is 1. The van der Waals surface area contributed by atoms with Gasteiger partial charge < -0.3 is 14.2 Å².